The maximum atomic E-state index is 5.79. The number of para-hydroxylation sites is 1. The van der Waals surface area contributed by atoms with Crippen LogP contribution >= 0.6 is 0 Å². The fourth-order valence-electron chi connectivity index (χ4n) is 1.68. The van der Waals surface area contributed by atoms with Gasteiger partial charge in [0.1, 0.15) is 11.6 Å². The summed E-state index contributed by atoms with van der Waals surface area (Å²) in [6.07, 6.45) is 0. The predicted octanol–water partition coefficient (Wildman–Crippen LogP) is 2.34. The average Bonchev–Trinajstić information content (AvgIpc) is 2.35. The van der Waals surface area contributed by atoms with Gasteiger partial charge >= 0.3 is 0 Å². The van der Waals surface area contributed by atoms with Crippen molar-refractivity contribution in [3.05, 3.63) is 30.3 Å². The molecule has 4 N–H and O–H groups in total. The quantitative estimate of drug-likeness (QED) is 0.879. The monoisotopic (exact) mass is 258 g/mol. The lowest BCUT2D eigenvalue weighted by Crippen LogP contribution is -2.06. The van der Waals surface area contributed by atoms with Gasteiger partial charge in [0.25, 0.3) is 0 Å². The number of anilines is 2. The molecule has 2 aromatic rings. The van der Waals surface area contributed by atoms with E-state index in [0.717, 1.165) is 11.3 Å². The maximum Gasteiger partial charge on any atom is 0.222 e. The van der Waals surface area contributed by atoms with Crippen molar-refractivity contribution < 1.29 is 4.74 Å². The second kappa shape index (κ2) is 5.56. The number of rotatable bonds is 4. The van der Waals surface area contributed by atoms with Gasteiger partial charge in [-0.3, -0.25) is 0 Å². The largest absolute Gasteiger partial charge is 0.493 e. The highest BCUT2D eigenvalue weighted by atomic mass is 16.5. The zero-order valence-electron chi connectivity index (χ0n) is 11.1. The molecular formula is C14H18N4O. The molecule has 0 saturated heterocycles. The second-order valence-corrected chi connectivity index (χ2v) is 4.74. The Hall–Kier alpha value is -2.30. The molecule has 0 spiro atoms. The molecular weight excluding hydrogens is 240 g/mol. The Bertz CT molecular complexity index is 549. The summed E-state index contributed by atoms with van der Waals surface area (Å²) in [7, 11) is 0. The van der Waals surface area contributed by atoms with Crippen molar-refractivity contribution >= 4 is 11.8 Å². The van der Waals surface area contributed by atoms with E-state index < -0.39 is 0 Å². The Morgan fingerprint density at radius 2 is 1.89 bits per heavy atom. The minimum Gasteiger partial charge on any atom is -0.493 e. The molecule has 0 saturated carbocycles. The van der Waals surface area contributed by atoms with E-state index in [1.807, 2.05) is 24.3 Å². The topological polar surface area (TPSA) is 87.0 Å². The molecule has 1 aromatic heterocycles. The van der Waals surface area contributed by atoms with E-state index in [4.69, 9.17) is 16.2 Å². The van der Waals surface area contributed by atoms with Gasteiger partial charge in [0.2, 0.25) is 5.95 Å². The number of hydrogen-bond acceptors (Lipinski definition) is 5. The van der Waals surface area contributed by atoms with Crippen LogP contribution in [0.25, 0.3) is 11.3 Å². The molecule has 5 heteroatoms. The lowest BCUT2D eigenvalue weighted by molar-refractivity contribution is 0.272. The molecule has 0 amide bonds. The number of benzene rings is 1. The van der Waals surface area contributed by atoms with Crippen molar-refractivity contribution in [2.75, 3.05) is 18.1 Å². The summed E-state index contributed by atoms with van der Waals surface area (Å²) in [6.45, 7) is 4.85. The zero-order valence-corrected chi connectivity index (χ0v) is 11.1. The number of nitrogens with two attached hydrogens (primary N) is 2. The molecule has 0 aliphatic rings. The van der Waals surface area contributed by atoms with Crippen LogP contribution in [0.15, 0.2) is 30.3 Å². The van der Waals surface area contributed by atoms with Crippen LogP contribution in [0, 0.1) is 5.92 Å². The fraction of sp³-hybridized carbons (Fsp3) is 0.286. The summed E-state index contributed by atoms with van der Waals surface area (Å²) in [5.74, 6) is 1.73. The Kier molecular flexibility index (Phi) is 3.85. The summed E-state index contributed by atoms with van der Waals surface area (Å²) in [5, 5.41) is 0. The number of nitrogen functional groups attached to an aromatic ring is 2. The van der Waals surface area contributed by atoms with Crippen LogP contribution in [-0.4, -0.2) is 16.6 Å². The predicted molar refractivity (Wildman–Crippen MR) is 76.6 cm³/mol. The molecule has 0 aliphatic carbocycles. The van der Waals surface area contributed by atoms with Crippen molar-refractivity contribution in [1.29, 1.82) is 0 Å². The molecule has 5 nitrogen and oxygen atoms in total. The van der Waals surface area contributed by atoms with Crippen molar-refractivity contribution in [3.63, 3.8) is 0 Å². The second-order valence-electron chi connectivity index (χ2n) is 4.74. The van der Waals surface area contributed by atoms with E-state index in [2.05, 4.69) is 23.8 Å². The SMILES string of the molecule is CC(C)COc1ccccc1-c1cc(N)nc(N)n1. The minimum atomic E-state index is 0.161. The smallest absolute Gasteiger partial charge is 0.222 e. The van der Waals surface area contributed by atoms with Crippen LogP contribution in [0.4, 0.5) is 11.8 Å². The standard InChI is InChI=1S/C14H18N4O/c1-9(2)8-19-12-6-4-3-5-10(12)11-7-13(15)18-14(16)17-11/h3-7,9H,8H2,1-2H3,(H4,15,16,17,18). The van der Waals surface area contributed by atoms with Crippen LogP contribution in [0.3, 0.4) is 0 Å². The third kappa shape index (κ3) is 3.34. The van der Waals surface area contributed by atoms with Gasteiger partial charge in [0, 0.05) is 11.6 Å². The summed E-state index contributed by atoms with van der Waals surface area (Å²) in [4.78, 5) is 8.07. The third-order valence-electron chi connectivity index (χ3n) is 2.50. The molecule has 100 valence electrons. The first-order valence-corrected chi connectivity index (χ1v) is 6.18. The Labute approximate surface area is 112 Å². The van der Waals surface area contributed by atoms with Gasteiger partial charge in [-0.15, -0.1) is 0 Å². The highest BCUT2D eigenvalue weighted by molar-refractivity contribution is 5.69. The number of nitrogens with zero attached hydrogens (tertiary/aromatic N) is 2. The lowest BCUT2D eigenvalue weighted by Gasteiger charge is -2.13. The first-order valence-electron chi connectivity index (χ1n) is 6.18. The van der Waals surface area contributed by atoms with Crippen molar-refractivity contribution in [2.24, 2.45) is 5.92 Å². The molecule has 1 aromatic carbocycles. The molecule has 0 fully saturated rings. The number of hydrogen-bond donors (Lipinski definition) is 2. The normalized spacial score (nSPS) is 10.7. The first-order chi connectivity index (χ1) is 9.06. The lowest BCUT2D eigenvalue weighted by atomic mass is 10.1. The number of aromatic nitrogens is 2. The van der Waals surface area contributed by atoms with Gasteiger partial charge in [-0.1, -0.05) is 26.0 Å². The van der Waals surface area contributed by atoms with Gasteiger partial charge in [0.15, 0.2) is 0 Å². The number of ether oxygens (including phenoxy) is 1. The van der Waals surface area contributed by atoms with E-state index in [1.165, 1.54) is 0 Å². The van der Waals surface area contributed by atoms with Gasteiger partial charge in [-0.05, 0) is 18.1 Å². The van der Waals surface area contributed by atoms with Gasteiger partial charge in [0.05, 0.1) is 12.3 Å². The van der Waals surface area contributed by atoms with Crippen LogP contribution in [-0.2, 0) is 0 Å². The summed E-state index contributed by atoms with van der Waals surface area (Å²) < 4.78 is 5.79. The molecule has 19 heavy (non-hydrogen) atoms. The van der Waals surface area contributed by atoms with Crippen molar-refractivity contribution in [1.82, 2.24) is 9.97 Å². The third-order valence-corrected chi connectivity index (χ3v) is 2.50. The van der Waals surface area contributed by atoms with Crippen LogP contribution in [0.1, 0.15) is 13.8 Å². The molecule has 0 unspecified atom stereocenters. The fourth-order valence-corrected chi connectivity index (χ4v) is 1.68. The summed E-state index contributed by atoms with van der Waals surface area (Å²) in [5.41, 5.74) is 12.9. The molecule has 0 bridgehead atoms. The van der Waals surface area contributed by atoms with Crippen LogP contribution in [0.5, 0.6) is 5.75 Å². The van der Waals surface area contributed by atoms with E-state index in [0.29, 0.717) is 24.0 Å². The Morgan fingerprint density at radius 1 is 1.16 bits per heavy atom. The highest BCUT2D eigenvalue weighted by Gasteiger charge is 2.09. The van der Waals surface area contributed by atoms with Crippen LogP contribution in [0.2, 0.25) is 0 Å². The minimum absolute atomic E-state index is 0.161. The van der Waals surface area contributed by atoms with Gasteiger partial charge in [-0.2, -0.15) is 4.98 Å². The molecule has 2 rings (SSSR count). The average molecular weight is 258 g/mol. The highest BCUT2D eigenvalue weighted by Crippen LogP contribution is 2.29. The molecule has 0 radical (unpaired) electrons. The molecule has 0 atom stereocenters. The van der Waals surface area contributed by atoms with E-state index >= 15 is 0 Å². The maximum absolute atomic E-state index is 5.79. The summed E-state index contributed by atoms with van der Waals surface area (Å²) in [6, 6.07) is 9.37. The van der Waals surface area contributed by atoms with Crippen molar-refractivity contribution in [3.8, 4) is 17.0 Å². The van der Waals surface area contributed by atoms with E-state index in [9.17, 15) is 0 Å². The molecule has 0 aliphatic heterocycles. The van der Waals surface area contributed by atoms with Gasteiger partial charge in [-0.25, -0.2) is 4.98 Å². The van der Waals surface area contributed by atoms with Gasteiger partial charge < -0.3 is 16.2 Å². The Morgan fingerprint density at radius 3 is 2.58 bits per heavy atom. The Balaban J connectivity index is 2.38. The summed E-state index contributed by atoms with van der Waals surface area (Å²) >= 11 is 0. The molecule has 1 heterocycles. The van der Waals surface area contributed by atoms with Crippen molar-refractivity contribution in [2.45, 2.75) is 13.8 Å². The van der Waals surface area contributed by atoms with E-state index in [1.54, 1.807) is 6.07 Å². The van der Waals surface area contributed by atoms with E-state index in [-0.39, 0.29) is 5.95 Å². The zero-order chi connectivity index (χ0) is 13.8. The first kappa shape index (κ1) is 13.1. The van der Waals surface area contributed by atoms with Crippen LogP contribution < -0.4 is 16.2 Å².